The van der Waals surface area contributed by atoms with Gasteiger partial charge in [-0.05, 0) is 19.9 Å². The molecule has 1 amide bonds. The maximum Gasteiger partial charge on any atom is 0.274 e. The second-order valence-corrected chi connectivity index (χ2v) is 6.29. The van der Waals surface area contributed by atoms with Crippen molar-refractivity contribution < 1.29 is 4.79 Å². The normalized spacial score (nSPS) is 11.1. The van der Waals surface area contributed by atoms with Crippen LogP contribution in [-0.4, -0.2) is 20.7 Å². The van der Waals surface area contributed by atoms with Crippen LogP contribution in [0.4, 0.5) is 5.13 Å². The van der Waals surface area contributed by atoms with Gasteiger partial charge < -0.3 is 5.32 Å². The van der Waals surface area contributed by atoms with Crippen molar-refractivity contribution in [3.8, 4) is 0 Å². The van der Waals surface area contributed by atoms with E-state index in [4.69, 9.17) is 0 Å². The molecule has 0 fully saturated rings. The van der Waals surface area contributed by atoms with Gasteiger partial charge in [-0.2, -0.15) is 5.10 Å². The summed E-state index contributed by atoms with van der Waals surface area (Å²) in [6.45, 7) is 3.78. The van der Waals surface area contributed by atoms with Gasteiger partial charge in [-0.3, -0.25) is 9.59 Å². The molecule has 0 saturated carbocycles. The van der Waals surface area contributed by atoms with Gasteiger partial charge in [0.05, 0.1) is 23.5 Å². The molecule has 0 bridgehead atoms. The molecule has 23 heavy (non-hydrogen) atoms. The molecule has 0 saturated heterocycles. The van der Waals surface area contributed by atoms with E-state index in [1.807, 2.05) is 32.0 Å². The van der Waals surface area contributed by atoms with Gasteiger partial charge in [0.15, 0.2) is 5.13 Å². The number of thiazole rings is 1. The molecule has 2 heterocycles. The molecule has 0 spiro atoms. The van der Waals surface area contributed by atoms with Crippen LogP contribution < -0.4 is 10.9 Å². The zero-order chi connectivity index (χ0) is 16.4. The summed E-state index contributed by atoms with van der Waals surface area (Å²) in [6.07, 6.45) is 1.72. The Kier molecular flexibility index (Phi) is 4.20. The fourth-order valence-electron chi connectivity index (χ4n) is 2.36. The van der Waals surface area contributed by atoms with Gasteiger partial charge in [-0.1, -0.05) is 18.2 Å². The molecule has 0 atom stereocenters. The maximum absolute atomic E-state index is 12.5. The van der Waals surface area contributed by atoms with Crippen LogP contribution in [0.2, 0.25) is 0 Å². The summed E-state index contributed by atoms with van der Waals surface area (Å²) in [5.74, 6) is -0.202. The quantitative estimate of drug-likeness (QED) is 0.798. The molecule has 3 aromatic rings. The molecule has 0 aliphatic rings. The predicted octanol–water partition coefficient (Wildman–Crippen LogP) is 2.62. The van der Waals surface area contributed by atoms with Crippen LogP contribution in [0.1, 0.15) is 25.6 Å². The number of hydrogen-bond acceptors (Lipinski definition) is 5. The molecule has 0 radical (unpaired) electrons. The highest BCUT2D eigenvalue weighted by Gasteiger charge is 2.15. The van der Waals surface area contributed by atoms with Crippen LogP contribution >= 0.6 is 11.3 Å². The minimum Gasteiger partial charge on any atom is -0.302 e. The van der Waals surface area contributed by atoms with E-state index in [1.165, 1.54) is 16.0 Å². The van der Waals surface area contributed by atoms with Crippen LogP contribution in [0.25, 0.3) is 10.8 Å². The van der Waals surface area contributed by atoms with Crippen LogP contribution in [0, 0.1) is 0 Å². The maximum atomic E-state index is 12.5. The second-order valence-electron chi connectivity index (χ2n) is 5.40. The first kappa shape index (κ1) is 15.4. The van der Waals surface area contributed by atoms with Crippen molar-refractivity contribution in [2.75, 3.05) is 5.32 Å². The Bertz CT molecular complexity index is 900. The number of aromatic nitrogens is 3. The summed E-state index contributed by atoms with van der Waals surface area (Å²) < 4.78 is 1.42. The molecule has 0 aliphatic heterocycles. The van der Waals surface area contributed by atoms with Crippen LogP contribution in [-0.2, 0) is 11.2 Å². The van der Waals surface area contributed by atoms with Crippen molar-refractivity contribution in [1.82, 2.24) is 14.8 Å². The lowest BCUT2D eigenvalue weighted by Gasteiger charge is -2.13. The molecule has 2 aromatic heterocycles. The van der Waals surface area contributed by atoms with Crippen molar-refractivity contribution in [2.24, 2.45) is 0 Å². The summed E-state index contributed by atoms with van der Waals surface area (Å²) in [6, 6.07) is 7.16. The van der Waals surface area contributed by atoms with Crippen molar-refractivity contribution in [2.45, 2.75) is 26.3 Å². The number of amides is 1. The minimum absolute atomic E-state index is 0.0760. The van der Waals surface area contributed by atoms with Crippen molar-refractivity contribution in [3.05, 3.63) is 51.9 Å². The van der Waals surface area contributed by atoms with Gasteiger partial charge in [0, 0.05) is 17.0 Å². The van der Waals surface area contributed by atoms with Crippen LogP contribution in [0.3, 0.4) is 0 Å². The highest BCUT2D eigenvalue weighted by atomic mass is 32.1. The molecule has 7 heteroatoms. The van der Waals surface area contributed by atoms with Gasteiger partial charge in [-0.25, -0.2) is 9.67 Å². The largest absolute Gasteiger partial charge is 0.302 e. The summed E-state index contributed by atoms with van der Waals surface area (Å²) in [4.78, 5) is 28.7. The standard InChI is InChI=1S/C16H16N4O2S/c1-10(2)20-15(22)12-6-4-3-5-11(12)13(19-20)9-14(21)18-16-17-7-8-23-16/h3-8,10H,9H2,1-2H3,(H,17,18,21). The summed E-state index contributed by atoms with van der Waals surface area (Å²) in [7, 11) is 0. The first-order valence-corrected chi connectivity index (χ1v) is 8.14. The number of rotatable bonds is 4. The summed E-state index contributed by atoms with van der Waals surface area (Å²) in [5, 5.41) is 10.8. The van der Waals surface area contributed by atoms with E-state index in [2.05, 4.69) is 15.4 Å². The van der Waals surface area contributed by atoms with Crippen LogP contribution in [0.15, 0.2) is 40.6 Å². The van der Waals surface area contributed by atoms with Gasteiger partial charge in [0.1, 0.15) is 0 Å². The number of nitrogens with one attached hydrogen (secondary N) is 1. The lowest BCUT2D eigenvalue weighted by atomic mass is 10.1. The van der Waals surface area contributed by atoms with Gasteiger partial charge in [0.2, 0.25) is 5.91 Å². The van der Waals surface area contributed by atoms with E-state index in [1.54, 1.807) is 17.6 Å². The zero-order valence-corrected chi connectivity index (χ0v) is 13.6. The van der Waals surface area contributed by atoms with Crippen molar-refractivity contribution >= 4 is 33.1 Å². The number of carbonyl (C=O) groups excluding carboxylic acids is 1. The average molecular weight is 328 g/mol. The Balaban J connectivity index is 2.01. The first-order chi connectivity index (χ1) is 11.1. The Labute approximate surface area is 136 Å². The molecule has 0 unspecified atom stereocenters. The lowest BCUT2D eigenvalue weighted by molar-refractivity contribution is -0.115. The molecule has 118 valence electrons. The number of carbonyl (C=O) groups is 1. The molecular weight excluding hydrogens is 312 g/mol. The second kappa shape index (κ2) is 6.29. The molecule has 1 N–H and O–H groups in total. The first-order valence-electron chi connectivity index (χ1n) is 7.26. The van der Waals surface area contributed by atoms with Gasteiger partial charge >= 0.3 is 0 Å². The van der Waals surface area contributed by atoms with E-state index in [9.17, 15) is 9.59 Å². The topological polar surface area (TPSA) is 76.9 Å². The smallest absolute Gasteiger partial charge is 0.274 e. The summed E-state index contributed by atoms with van der Waals surface area (Å²) in [5.41, 5.74) is 0.447. The predicted molar refractivity (Wildman–Crippen MR) is 90.8 cm³/mol. The fraction of sp³-hybridized carbons (Fsp3) is 0.250. The number of anilines is 1. The number of hydrogen-bond donors (Lipinski definition) is 1. The van der Waals surface area contributed by atoms with Crippen molar-refractivity contribution in [3.63, 3.8) is 0 Å². The van der Waals surface area contributed by atoms with Gasteiger partial charge in [-0.15, -0.1) is 11.3 Å². The highest BCUT2D eigenvalue weighted by molar-refractivity contribution is 7.13. The molecule has 1 aromatic carbocycles. The average Bonchev–Trinajstić information content (AvgIpc) is 3.02. The summed E-state index contributed by atoms with van der Waals surface area (Å²) >= 11 is 1.36. The molecule has 3 rings (SSSR count). The third-order valence-electron chi connectivity index (χ3n) is 3.40. The monoisotopic (exact) mass is 328 g/mol. The van der Waals surface area contributed by atoms with E-state index < -0.39 is 0 Å². The molecule has 0 aliphatic carbocycles. The van der Waals surface area contributed by atoms with E-state index in [-0.39, 0.29) is 23.9 Å². The Hall–Kier alpha value is -2.54. The third-order valence-corrected chi connectivity index (χ3v) is 4.09. The number of nitrogens with zero attached hydrogens (tertiary/aromatic N) is 3. The Morgan fingerprint density at radius 2 is 2.04 bits per heavy atom. The minimum atomic E-state index is -0.202. The van der Waals surface area contributed by atoms with Gasteiger partial charge in [0.25, 0.3) is 5.56 Å². The SMILES string of the molecule is CC(C)n1nc(CC(=O)Nc2nccs2)c2ccccc2c1=O. The number of benzene rings is 1. The molecular formula is C16H16N4O2S. The fourth-order valence-corrected chi connectivity index (χ4v) is 2.90. The highest BCUT2D eigenvalue weighted by Crippen LogP contribution is 2.16. The van der Waals surface area contributed by atoms with Crippen molar-refractivity contribution in [1.29, 1.82) is 0 Å². The van der Waals surface area contributed by atoms with E-state index >= 15 is 0 Å². The Morgan fingerprint density at radius 3 is 2.70 bits per heavy atom. The zero-order valence-electron chi connectivity index (χ0n) is 12.8. The van der Waals surface area contributed by atoms with E-state index in [0.717, 1.165) is 0 Å². The molecule has 6 nitrogen and oxygen atoms in total. The lowest BCUT2D eigenvalue weighted by Crippen LogP contribution is -2.27. The Morgan fingerprint density at radius 1 is 1.30 bits per heavy atom. The van der Waals surface area contributed by atoms with Crippen LogP contribution in [0.5, 0.6) is 0 Å². The van der Waals surface area contributed by atoms with E-state index in [0.29, 0.717) is 21.6 Å². The third kappa shape index (κ3) is 3.14. The number of fused-ring (bicyclic) bond motifs is 1.